The molecule has 31 heavy (non-hydrogen) atoms. The first-order valence-electron chi connectivity index (χ1n) is 10.1. The van der Waals surface area contributed by atoms with Crippen LogP contribution < -0.4 is 16.0 Å². The molecule has 0 aliphatic carbocycles. The number of benzene rings is 4. The Bertz CT molecular complexity index is 1200. The Balaban J connectivity index is 1.55. The molecule has 0 heterocycles. The fourth-order valence-electron chi connectivity index (χ4n) is 3.42. The number of hydrogen-bond donors (Lipinski definition) is 3. The number of aryl methyl sites for hydroxylation is 1. The van der Waals surface area contributed by atoms with Crippen LogP contribution in [-0.4, -0.2) is 11.0 Å². The van der Waals surface area contributed by atoms with Crippen molar-refractivity contribution in [2.45, 2.75) is 13.0 Å². The molecule has 0 fully saturated rings. The van der Waals surface area contributed by atoms with Crippen LogP contribution in [0.3, 0.4) is 0 Å². The van der Waals surface area contributed by atoms with Crippen LogP contribution in [0.15, 0.2) is 97.1 Å². The topological polar surface area (TPSA) is 53.2 Å². The van der Waals surface area contributed by atoms with Gasteiger partial charge in [0.2, 0.25) is 0 Å². The molecule has 4 rings (SSSR count). The lowest BCUT2D eigenvalue weighted by Gasteiger charge is -2.21. The van der Waals surface area contributed by atoms with E-state index in [1.807, 2.05) is 91.9 Å². The van der Waals surface area contributed by atoms with E-state index in [2.05, 4.69) is 28.1 Å². The number of carbonyl (C=O) groups excluding carboxylic acids is 1. The van der Waals surface area contributed by atoms with Gasteiger partial charge in [0.15, 0.2) is 5.11 Å². The van der Waals surface area contributed by atoms with Crippen LogP contribution in [0.1, 0.15) is 17.2 Å². The summed E-state index contributed by atoms with van der Waals surface area (Å²) >= 11 is 5.57. The van der Waals surface area contributed by atoms with E-state index in [-0.39, 0.29) is 5.91 Å². The number of nitrogens with one attached hydrogen (secondary N) is 3. The number of thiocarbonyl (C=S) groups is 1. The number of carbonyl (C=O) groups is 1. The maximum atomic E-state index is 13.1. The number of amides is 1. The van der Waals surface area contributed by atoms with Gasteiger partial charge in [0.05, 0.1) is 0 Å². The van der Waals surface area contributed by atoms with Crippen LogP contribution in [-0.2, 0) is 4.79 Å². The molecular weight excluding hydrogens is 402 g/mol. The van der Waals surface area contributed by atoms with Gasteiger partial charge in [0, 0.05) is 16.8 Å². The number of hydrogen-bond acceptors (Lipinski definition) is 2. The molecule has 0 aromatic heterocycles. The molecule has 0 aliphatic heterocycles. The zero-order valence-electron chi connectivity index (χ0n) is 17.1. The minimum Gasteiger partial charge on any atom is -0.347 e. The predicted molar refractivity (Wildman–Crippen MR) is 132 cm³/mol. The highest BCUT2D eigenvalue weighted by Gasteiger charge is 2.22. The van der Waals surface area contributed by atoms with Crippen molar-refractivity contribution in [1.82, 2.24) is 5.32 Å². The highest BCUT2D eigenvalue weighted by molar-refractivity contribution is 7.80. The average molecular weight is 426 g/mol. The highest BCUT2D eigenvalue weighted by Crippen LogP contribution is 2.23. The Hall–Kier alpha value is -3.70. The molecule has 1 atom stereocenters. The van der Waals surface area contributed by atoms with Crippen LogP contribution in [0, 0.1) is 6.92 Å². The zero-order chi connectivity index (χ0) is 21.6. The second-order valence-electron chi connectivity index (χ2n) is 7.32. The van der Waals surface area contributed by atoms with Gasteiger partial charge in [0.1, 0.15) is 6.04 Å². The van der Waals surface area contributed by atoms with Gasteiger partial charge in [0.25, 0.3) is 5.91 Å². The van der Waals surface area contributed by atoms with Crippen molar-refractivity contribution in [3.63, 3.8) is 0 Å². The van der Waals surface area contributed by atoms with E-state index in [9.17, 15) is 4.79 Å². The summed E-state index contributed by atoms with van der Waals surface area (Å²) < 4.78 is 0. The molecular formula is C26H23N3OS. The summed E-state index contributed by atoms with van der Waals surface area (Å²) in [5.41, 5.74) is 3.60. The molecule has 3 N–H and O–H groups in total. The Kier molecular flexibility index (Phi) is 6.24. The van der Waals surface area contributed by atoms with E-state index in [1.165, 1.54) is 0 Å². The van der Waals surface area contributed by atoms with Gasteiger partial charge in [-0.2, -0.15) is 0 Å². The summed E-state index contributed by atoms with van der Waals surface area (Å²) in [5, 5.41) is 12.0. The normalized spacial score (nSPS) is 11.5. The lowest BCUT2D eigenvalue weighted by molar-refractivity contribution is -0.117. The second kappa shape index (κ2) is 9.41. The molecule has 1 unspecified atom stereocenters. The monoisotopic (exact) mass is 425 g/mol. The fourth-order valence-corrected chi connectivity index (χ4v) is 3.65. The van der Waals surface area contributed by atoms with E-state index in [1.54, 1.807) is 0 Å². The predicted octanol–water partition coefficient (Wildman–Crippen LogP) is 5.81. The Morgan fingerprint density at radius 3 is 2.23 bits per heavy atom. The standard InChI is InChI=1S/C26H23N3OS/c1-18-14-16-21(17-15-18)27-25(30)24(20-9-3-2-4-10-20)29-26(31)28-23-13-7-11-19-8-5-6-12-22(19)23/h2-17,24H,1H3,(H,27,30)(H2,28,29,31). The third-order valence-corrected chi connectivity index (χ3v) is 5.25. The molecule has 4 nitrogen and oxygen atoms in total. The van der Waals surface area contributed by atoms with Gasteiger partial charge in [-0.1, -0.05) is 84.4 Å². The van der Waals surface area contributed by atoms with E-state index >= 15 is 0 Å². The maximum absolute atomic E-state index is 13.1. The number of rotatable bonds is 5. The summed E-state index contributed by atoms with van der Waals surface area (Å²) in [6.45, 7) is 2.01. The van der Waals surface area contributed by atoms with E-state index in [0.29, 0.717) is 5.11 Å². The van der Waals surface area contributed by atoms with Gasteiger partial charge in [-0.05, 0) is 48.3 Å². The molecule has 4 aromatic carbocycles. The first-order valence-corrected chi connectivity index (χ1v) is 10.5. The minimum absolute atomic E-state index is 0.183. The molecule has 5 heteroatoms. The maximum Gasteiger partial charge on any atom is 0.251 e. The summed E-state index contributed by atoms with van der Waals surface area (Å²) in [6, 6.07) is 30.7. The van der Waals surface area contributed by atoms with Crippen molar-refractivity contribution in [2.24, 2.45) is 0 Å². The molecule has 0 spiro atoms. The van der Waals surface area contributed by atoms with Crippen LogP contribution in [0.25, 0.3) is 10.8 Å². The molecule has 0 bridgehead atoms. The summed E-state index contributed by atoms with van der Waals surface area (Å²) in [5.74, 6) is -0.183. The van der Waals surface area contributed by atoms with Crippen molar-refractivity contribution in [3.05, 3.63) is 108 Å². The van der Waals surface area contributed by atoms with Gasteiger partial charge in [-0.25, -0.2) is 0 Å². The van der Waals surface area contributed by atoms with Crippen molar-refractivity contribution in [1.29, 1.82) is 0 Å². The summed E-state index contributed by atoms with van der Waals surface area (Å²) in [6.07, 6.45) is 0. The highest BCUT2D eigenvalue weighted by atomic mass is 32.1. The van der Waals surface area contributed by atoms with Gasteiger partial charge in [-0.15, -0.1) is 0 Å². The smallest absolute Gasteiger partial charge is 0.251 e. The van der Waals surface area contributed by atoms with E-state index < -0.39 is 6.04 Å². The SMILES string of the molecule is Cc1ccc(NC(=O)C(NC(=S)Nc2cccc3ccccc23)c2ccccc2)cc1. The molecule has 4 aromatic rings. The Morgan fingerprint density at radius 2 is 1.45 bits per heavy atom. The van der Waals surface area contributed by atoms with Crippen molar-refractivity contribution >= 4 is 45.4 Å². The molecule has 0 saturated heterocycles. The number of fused-ring (bicyclic) bond motifs is 1. The van der Waals surface area contributed by atoms with Crippen LogP contribution >= 0.6 is 12.2 Å². The Labute approximate surface area is 187 Å². The third-order valence-electron chi connectivity index (χ3n) is 5.03. The van der Waals surface area contributed by atoms with Crippen LogP contribution in [0.4, 0.5) is 11.4 Å². The van der Waals surface area contributed by atoms with Crippen molar-refractivity contribution < 1.29 is 4.79 Å². The molecule has 154 valence electrons. The van der Waals surface area contributed by atoms with Gasteiger partial charge in [-0.3, -0.25) is 4.79 Å². The van der Waals surface area contributed by atoms with Crippen LogP contribution in [0.5, 0.6) is 0 Å². The van der Waals surface area contributed by atoms with Crippen molar-refractivity contribution in [2.75, 3.05) is 10.6 Å². The summed E-state index contributed by atoms with van der Waals surface area (Å²) in [4.78, 5) is 13.1. The minimum atomic E-state index is -0.641. The lowest BCUT2D eigenvalue weighted by Crippen LogP contribution is -2.39. The summed E-state index contributed by atoms with van der Waals surface area (Å²) in [7, 11) is 0. The molecule has 0 radical (unpaired) electrons. The molecule has 1 amide bonds. The zero-order valence-corrected chi connectivity index (χ0v) is 17.9. The fraction of sp³-hybridized carbons (Fsp3) is 0.0769. The average Bonchev–Trinajstić information content (AvgIpc) is 2.80. The lowest BCUT2D eigenvalue weighted by atomic mass is 10.1. The van der Waals surface area contributed by atoms with Crippen LogP contribution in [0.2, 0.25) is 0 Å². The van der Waals surface area contributed by atoms with Gasteiger partial charge >= 0.3 is 0 Å². The largest absolute Gasteiger partial charge is 0.347 e. The van der Waals surface area contributed by atoms with E-state index in [0.717, 1.165) is 33.3 Å². The molecule has 0 aliphatic rings. The first-order chi connectivity index (χ1) is 15.1. The third kappa shape index (κ3) is 5.08. The first kappa shape index (κ1) is 20.6. The molecule has 0 saturated carbocycles. The van der Waals surface area contributed by atoms with Crippen molar-refractivity contribution in [3.8, 4) is 0 Å². The number of anilines is 2. The quantitative estimate of drug-likeness (QED) is 0.353. The second-order valence-corrected chi connectivity index (χ2v) is 7.73. The van der Waals surface area contributed by atoms with Gasteiger partial charge < -0.3 is 16.0 Å². The van der Waals surface area contributed by atoms with E-state index in [4.69, 9.17) is 12.2 Å². The Morgan fingerprint density at radius 1 is 0.774 bits per heavy atom.